The molecule has 2 heterocycles. The Hall–Kier alpha value is -1.98. The van der Waals surface area contributed by atoms with Crippen LogP contribution in [0.1, 0.15) is 43.6 Å². The number of hydrogen-bond donors (Lipinski definition) is 2. The van der Waals surface area contributed by atoms with Crippen molar-refractivity contribution >= 4 is 11.9 Å². The van der Waals surface area contributed by atoms with Gasteiger partial charge < -0.3 is 20.0 Å². The lowest BCUT2D eigenvalue weighted by Gasteiger charge is -2.24. The Morgan fingerprint density at radius 1 is 1.36 bits per heavy atom. The van der Waals surface area contributed by atoms with E-state index in [-0.39, 0.29) is 18.0 Å². The van der Waals surface area contributed by atoms with Gasteiger partial charge in [-0.1, -0.05) is 0 Å². The maximum absolute atomic E-state index is 12.6. The van der Waals surface area contributed by atoms with Gasteiger partial charge >= 0.3 is 6.03 Å². The van der Waals surface area contributed by atoms with Crippen molar-refractivity contribution in [2.24, 2.45) is 0 Å². The van der Waals surface area contributed by atoms with Gasteiger partial charge in [-0.2, -0.15) is 0 Å². The lowest BCUT2D eigenvalue weighted by atomic mass is 10.1. The van der Waals surface area contributed by atoms with Crippen molar-refractivity contribution in [1.29, 1.82) is 0 Å². The number of rotatable bonds is 4. The summed E-state index contributed by atoms with van der Waals surface area (Å²) in [5.74, 6) is 1.55. The molecule has 1 aromatic heterocycles. The number of hydrogen-bond acceptors (Lipinski definition) is 3. The molecule has 2 aliphatic rings. The highest BCUT2D eigenvalue weighted by molar-refractivity contribution is 5.87. The van der Waals surface area contributed by atoms with E-state index in [2.05, 4.69) is 10.6 Å². The Morgan fingerprint density at radius 2 is 2.18 bits per heavy atom. The van der Waals surface area contributed by atoms with Crippen LogP contribution in [0, 0.1) is 6.92 Å². The number of nitrogens with one attached hydrogen (secondary N) is 2. The third-order valence-electron chi connectivity index (χ3n) is 4.20. The molecule has 1 aromatic rings. The largest absolute Gasteiger partial charge is 0.464 e. The van der Waals surface area contributed by atoms with Gasteiger partial charge in [-0.15, -0.1) is 0 Å². The summed E-state index contributed by atoms with van der Waals surface area (Å²) in [6.45, 7) is 3.04. The summed E-state index contributed by atoms with van der Waals surface area (Å²) < 4.78 is 5.57. The van der Waals surface area contributed by atoms with E-state index in [1.807, 2.05) is 19.1 Å². The molecular formula is C16H23N3O3. The van der Waals surface area contributed by atoms with Crippen LogP contribution in [-0.2, 0) is 11.3 Å². The van der Waals surface area contributed by atoms with Gasteiger partial charge in [-0.3, -0.25) is 4.79 Å². The number of carbonyl (C=O) groups is 2. The normalized spacial score (nSPS) is 21.9. The van der Waals surface area contributed by atoms with Crippen LogP contribution in [0.5, 0.6) is 0 Å². The molecular weight excluding hydrogens is 282 g/mol. The van der Waals surface area contributed by atoms with Crippen LogP contribution in [0.4, 0.5) is 4.79 Å². The third kappa shape index (κ3) is 3.61. The van der Waals surface area contributed by atoms with Crippen LogP contribution in [0.3, 0.4) is 0 Å². The summed E-state index contributed by atoms with van der Waals surface area (Å²) in [6, 6.07) is 3.47. The molecule has 6 heteroatoms. The number of aryl methyl sites for hydroxylation is 1. The first-order valence-corrected chi connectivity index (χ1v) is 8.03. The van der Waals surface area contributed by atoms with Gasteiger partial charge in [0.2, 0.25) is 5.91 Å². The Labute approximate surface area is 130 Å². The molecule has 0 spiro atoms. The van der Waals surface area contributed by atoms with Gasteiger partial charge in [0.05, 0.1) is 6.54 Å². The standard InChI is InChI=1S/C16H23N3O3/c1-11-5-8-13(22-11)10-19(12-6-7-12)16(21)18-14-4-2-3-9-17-15(14)20/h5,8,12,14H,2-4,6-7,9-10H2,1H3,(H,17,20)(H,18,21)/t14-/m1/s1. The minimum atomic E-state index is -0.422. The van der Waals surface area contributed by atoms with Gasteiger partial charge in [0.15, 0.2) is 0 Å². The number of furan rings is 1. The smallest absolute Gasteiger partial charge is 0.318 e. The fourth-order valence-electron chi connectivity index (χ4n) is 2.80. The Morgan fingerprint density at radius 3 is 2.86 bits per heavy atom. The first kappa shape index (κ1) is 14.9. The van der Waals surface area contributed by atoms with Crippen LogP contribution in [0.25, 0.3) is 0 Å². The highest BCUT2D eigenvalue weighted by Crippen LogP contribution is 2.29. The summed E-state index contributed by atoms with van der Waals surface area (Å²) >= 11 is 0. The van der Waals surface area contributed by atoms with E-state index >= 15 is 0 Å². The van der Waals surface area contributed by atoms with Crippen LogP contribution >= 0.6 is 0 Å². The summed E-state index contributed by atoms with van der Waals surface area (Å²) in [4.78, 5) is 26.3. The predicted molar refractivity (Wildman–Crippen MR) is 81.2 cm³/mol. The monoisotopic (exact) mass is 305 g/mol. The molecule has 1 aliphatic heterocycles. The minimum absolute atomic E-state index is 0.0737. The predicted octanol–water partition coefficient (Wildman–Crippen LogP) is 1.93. The zero-order chi connectivity index (χ0) is 15.5. The molecule has 3 amide bonds. The fourth-order valence-corrected chi connectivity index (χ4v) is 2.80. The zero-order valence-corrected chi connectivity index (χ0v) is 12.9. The summed E-state index contributed by atoms with van der Waals surface area (Å²) in [6.07, 6.45) is 4.66. The van der Waals surface area contributed by atoms with E-state index in [4.69, 9.17) is 4.42 Å². The number of carbonyl (C=O) groups excluding carboxylic acids is 2. The average Bonchev–Trinajstić information content (AvgIpc) is 3.27. The molecule has 3 rings (SSSR count). The molecule has 22 heavy (non-hydrogen) atoms. The summed E-state index contributed by atoms with van der Waals surface area (Å²) in [5, 5.41) is 5.74. The van der Waals surface area contributed by atoms with E-state index in [0.29, 0.717) is 19.5 Å². The molecule has 0 bridgehead atoms. The molecule has 1 aliphatic carbocycles. The van der Waals surface area contributed by atoms with E-state index < -0.39 is 6.04 Å². The van der Waals surface area contributed by atoms with Gasteiger partial charge in [-0.25, -0.2) is 4.79 Å². The molecule has 1 saturated heterocycles. The molecule has 2 N–H and O–H groups in total. The average molecular weight is 305 g/mol. The quantitative estimate of drug-likeness (QED) is 0.892. The summed E-state index contributed by atoms with van der Waals surface area (Å²) in [7, 11) is 0. The van der Waals surface area contributed by atoms with Gasteiger partial charge in [0.1, 0.15) is 17.6 Å². The van der Waals surface area contributed by atoms with E-state index in [1.165, 1.54) is 0 Å². The van der Waals surface area contributed by atoms with Gasteiger partial charge in [0, 0.05) is 12.6 Å². The number of amides is 3. The zero-order valence-electron chi connectivity index (χ0n) is 12.9. The molecule has 0 unspecified atom stereocenters. The molecule has 1 atom stereocenters. The van der Waals surface area contributed by atoms with Crippen molar-refractivity contribution in [3.63, 3.8) is 0 Å². The Kier molecular flexibility index (Phi) is 4.36. The molecule has 0 radical (unpaired) electrons. The van der Waals surface area contributed by atoms with Gasteiger partial charge in [0.25, 0.3) is 0 Å². The van der Waals surface area contributed by atoms with Crippen molar-refractivity contribution < 1.29 is 14.0 Å². The second-order valence-electron chi connectivity index (χ2n) is 6.16. The van der Waals surface area contributed by atoms with Crippen molar-refractivity contribution in [3.05, 3.63) is 23.7 Å². The van der Waals surface area contributed by atoms with Crippen molar-refractivity contribution in [1.82, 2.24) is 15.5 Å². The van der Waals surface area contributed by atoms with Crippen LogP contribution in [-0.4, -0.2) is 35.5 Å². The SMILES string of the molecule is Cc1ccc(CN(C(=O)N[C@@H]2CCCCNC2=O)C2CC2)o1. The molecule has 120 valence electrons. The van der Waals surface area contributed by atoms with Crippen LogP contribution in [0.2, 0.25) is 0 Å². The number of urea groups is 1. The first-order chi connectivity index (χ1) is 10.6. The van der Waals surface area contributed by atoms with Crippen LogP contribution in [0.15, 0.2) is 16.5 Å². The van der Waals surface area contributed by atoms with E-state index in [0.717, 1.165) is 37.2 Å². The van der Waals surface area contributed by atoms with Crippen LogP contribution < -0.4 is 10.6 Å². The highest BCUT2D eigenvalue weighted by atomic mass is 16.3. The van der Waals surface area contributed by atoms with Gasteiger partial charge in [-0.05, 0) is 51.2 Å². The lowest BCUT2D eigenvalue weighted by Crippen LogP contribution is -2.50. The molecule has 6 nitrogen and oxygen atoms in total. The fraction of sp³-hybridized carbons (Fsp3) is 0.625. The van der Waals surface area contributed by atoms with Crippen molar-refractivity contribution in [2.75, 3.05) is 6.54 Å². The Bertz CT molecular complexity index is 551. The third-order valence-corrected chi connectivity index (χ3v) is 4.20. The maximum atomic E-state index is 12.6. The molecule has 0 aromatic carbocycles. The second-order valence-corrected chi connectivity index (χ2v) is 6.16. The summed E-state index contributed by atoms with van der Waals surface area (Å²) in [5.41, 5.74) is 0. The minimum Gasteiger partial charge on any atom is -0.464 e. The second kappa shape index (κ2) is 6.42. The Balaban J connectivity index is 1.63. The molecule has 2 fully saturated rings. The maximum Gasteiger partial charge on any atom is 0.318 e. The van der Waals surface area contributed by atoms with Crippen molar-refractivity contribution in [3.8, 4) is 0 Å². The molecule has 1 saturated carbocycles. The first-order valence-electron chi connectivity index (χ1n) is 8.03. The van der Waals surface area contributed by atoms with E-state index in [9.17, 15) is 9.59 Å². The highest BCUT2D eigenvalue weighted by Gasteiger charge is 2.35. The van der Waals surface area contributed by atoms with E-state index in [1.54, 1.807) is 4.90 Å². The van der Waals surface area contributed by atoms with Crippen molar-refractivity contribution in [2.45, 2.75) is 57.7 Å². The topological polar surface area (TPSA) is 74.6 Å². The lowest BCUT2D eigenvalue weighted by molar-refractivity contribution is -0.122. The number of nitrogens with zero attached hydrogens (tertiary/aromatic N) is 1.